The van der Waals surface area contributed by atoms with E-state index in [2.05, 4.69) is 5.32 Å². The summed E-state index contributed by atoms with van der Waals surface area (Å²) in [6.07, 6.45) is 2.46. The van der Waals surface area contributed by atoms with E-state index in [0.29, 0.717) is 24.5 Å². The molecule has 0 bridgehead atoms. The van der Waals surface area contributed by atoms with Crippen LogP contribution in [0, 0.1) is 5.92 Å². The van der Waals surface area contributed by atoms with E-state index in [1.54, 1.807) is 18.0 Å². The lowest BCUT2D eigenvalue weighted by Crippen LogP contribution is -2.44. The van der Waals surface area contributed by atoms with E-state index in [1.807, 2.05) is 12.1 Å². The van der Waals surface area contributed by atoms with E-state index in [-0.39, 0.29) is 30.1 Å². The molecule has 6 nitrogen and oxygen atoms in total. The van der Waals surface area contributed by atoms with Crippen LogP contribution in [0.25, 0.3) is 0 Å². The first-order chi connectivity index (χ1) is 11.1. The van der Waals surface area contributed by atoms with Gasteiger partial charge in [-0.2, -0.15) is 0 Å². The topological polar surface area (TPSA) is 84.7 Å². The molecule has 2 aliphatic heterocycles. The fraction of sp³-hybridized carbons (Fsp3) is 0.529. The van der Waals surface area contributed by atoms with Gasteiger partial charge in [-0.15, -0.1) is 12.4 Å². The van der Waals surface area contributed by atoms with Crippen molar-refractivity contribution in [3.05, 3.63) is 29.3 Å². The molecule has 1 aromatic rings. The van der Waals surface area contributed by atoms with Gasteiger partial charge in [0.2, 0.25) is 5.91 Å². The number of rotatable bonds is 3. The molecule has 0 spiro atoms. The number of halogens is 1. The van der Waals surface area contributed by atoms with Gasteiger partial charge in [-0.1, -0.05) is 6.07 Å². The fourth-order valence-electron chi connectivity index (χ4n) is 3.18. The van der Waals surface area contributed by atoms with Crippen LogP contribution in [0.2, 0.25) is 0 Å². The van der Waals surface area contributed by atoms with Crippen LogP contribution in [0.3, 0.4) is 0 Å². The first-order valence-corrected chi connectivity index (χ1v) is 8.09. The zero-order valence-electron chi connectivity index (χ0n) is 13.8. The molecule has 7 heteroatoms. The number of ether oxygens (including phenoxy) is 1. The number of carbonyl (C=O) groups excluding carboxylic acids is 2. The van der Waals surface area contributed by atoms with E-state index < -0.39 is 6.04 Å². The quantitative estimate of drug-likeness (QED) is 0.860. The number of fused-ring (bicyclic) bond motifs is 1. The normalized spacial score (nSPS) is 19.2. The first-order valence-electron chi connectivity index (χ1n) is 8.09. The van der Waals surface area contributed by atoms with E-state index >= 15 is 0 Å². The van der Waals surface area contributed by atoms with Crippen LogP contribution in [-0.4, -0.2) is 49.6 Å². The number of amides is 2. The minimum absolute atomic E-state index is 0. The number of carbonyl (C=O) groups is 2. The summed E-state index contributed by atoms with van der Waals surface area (Å²) in [5.41, 5.74) is 8.40. The summed E-state index contributed by atoms with van der Waals surface area (Å²) in [6.45, 7) is 2.04. The zero-order valence-corrected chi connectivity index (χ0v) is 14.6. The van der Waals surface area contributed by atoms with Crippen molar-refractivity contribution in [2.24, 2.45) is 11.7 Å². The zero-order chi connectivity index (χ0) is 16.4. The molecule has 132 valence electrons. The second-order valence-corrected chi connectivity index (χ2v) is 6.31. The van der Waals surface area contributed by atoms with Crippen LogP contribution in [0.5, 0.6) is 0 Å². The third-order valence-corrected chi connectivity index (χ3v) is 4.75. The summed E-state index contributed by atoms with van der Waals surface area (Å²) >= 11 is 0. The molecule has 2 amide bonds. The van der Waals surface area contributed by atoms with Crippen LogP contribution in [-0.2, 0) is 16.0 Å². The summed E-state index contributed by atoms with van der Waals surface area (Å²) in [7, 11) is 1.79. The molecular weight excluding hydrogens is 330 g/mol. The predicted molar refractivity (Wildman–Crippen MR) is 94.5 cm³/mol. The van der Waals surface area contributed by atoms with E-state index in [9.17, 15) is 9.59 Å². The first kappa shape index (κ1) is 18.7. The van der Waals surface area contributed by atoms with Crippen molar-refractivity contribution in [1.82, 2.24) is 4.90 Å². The molecule has 0 aliphatic carbocycles. The van der Waals surface area contributed by atoms with E-state index in [0.717, 1.165) is 31.4 Å². The van der Waals surface area contributed by atoms with Gasteiger partial charge in [0.25, 0.3) is 5.91 Å². The third kappa shape index (κ3) is 3.88. The number of anilines is 1. The monoisotopic (exact) mass is 353 g/mol. The Morgan fingerprint density at radius 2 is 2.08 bits per heavy atom. The second-order valence-electron chi connectivity index (χ2n) is 6.31. The Balaban J connectivity index is 0.00000208. The number of benzene rings is 1. The molecule has 2 heterocycles. The van der Waals surface area contributed by atoms with Gasteiger partial charge in [-0.05, 0) is 42.9 Å². The fourth-order valence-corrected chi connectivity index (χ4v) is 3.18. The van der Waals surface area contributed by atoms with Gasteiger partial charge in [0.1, 0.15) is 0 Å². The predicted octanol–water partition coefficient (Wildman–Crippen LogP) is 1.43. The molecule has 1 saturated heterocycles. The summed E-state index contributed by atoms with van der Waals surface area (Å²) < 4.78 is 5.30. The molecule has 1 atom stereocenters. The molecular formula is C17H24ClN3O3. The molecule has 1 unspecified atom stereocenters. The van der Waals surface area contributed by atoms with Crippen LogP contribution < -0.4 is 11.1 Å². The van der Waals surface area contributed by atoms with Crippen molar-refractivity contribution in [3.8, 4) is 0 Å². The van der Waals surface area contributed by atoms with Crippen molar-refractivity contribution in [2.45, 2.75) is 25.3 Å². The van der Waals surface area contributed by atoms with Crippen LogP contribution in [0.1, 0.15) is 28.8 Å². The molecule has 1 fully saturated rings. The van der Waals surface area contributed by atoms with Gasteiger partial charge in [0.15, 0.2) is 0 Å². The molecule has 3 rings (SSSR count). The highest BCUT2D eigenvalue weighted by molar-refractivity contribution is 6.00. The van der Waals surface area contributed by atoms with Crippen LogP contribution >= 0.6 is 12.4 Å². The largest absolute Gasteiger partial charge is 0.381 e. The number of hydrogen-bond donors (Lipinski definition) is 2. The Morgan fingerprint density at radius 1 is 1.38 bits per heavy atom. The minimum atomic E-state index is -0.548. The summed E-state index contributed by atoms with van der Waals surface area (Å²) in [5, 5.41) is 2.85. The van der Waals surface area contributed by atoms with Gasteiger partial charge in [-0.3, -0.25) is 9.59 Å². The van der Waals surface area contributed by atoms with Crippen molar-refractivity contribution in [2.75, 3.05) is 32.1 Å². The Morgan fingerprint density at radius 3 is 2.79 bits per heavy atom. The van der Waals surface area contributed by atoms with E-state index in [4.69, 9.17) is 10.5 Å². The molecule has 3 N–H and O–H groups in total. The Kier molecular flexibility index (Phi) is 6.21. The SMILES string of the molecule is CN1CCc2ccc(NC(=O)C(N)C3CCOCC3)cc2C1=O.Cl. The number of likely N-dealkylation sites (N-methyl/N-ethyl adjacent to an activating group) is 1. The maximum atomic E-state index is 12.4. The van der Waals surface area contributed by atoms with Crippen molar-refractivity contribution in [1.29, 1.82) is 0 Å². The second kappa shape index (κ2) is 7.96. The van der Waals surface area contributed by atoms with Crippen LogP contribution in [0.15, 0.2) is 18.2 Å². The van der Waals surface area contributed by atoms with Gasteiger partial charge in [0, 0.05) is 38.1 Å². The smallest absolute Gasteiger partial charge is 0.253 e. The molecule has 0 saturated carbocycles. The maximum Gasteiger partial charge on any atom is 0.253 e. The highest BCUT2D eigenvalue weighted by Gasteiger charge is 2.27. The molecule has 1 aromatic carbocycles. The Hall–Kier alpha value is -1.63. The summed E-state index contributed by atoms with van der Waals surface area (Å²) in [5.74, 6) is -0.0568. The van der Waals surface area contributed by atoms with Gasteiger partial charge >= 0.3 is 0 Å². The molecule has 0 aromatic heterocycles. The number of hydrogen-bond acceptors (Lipinski definition) is 4. The Bertz CT molecular complexity index is 617. The lowest BCUT2D eigenvalue weighted by Gasteiger charge is -2.27. The Labute approximate surface area is 148 Å². The lowest BCUT2D eigenvalue weighted by molar-refractivity contribution is -0.119. The molecule has 2 aliphatic rings. The summed E-state index contributed by atoms with van der Waals surface area (Å²) in [6, 6.07) is 4.96. The van der Waals surface area contributed by atoms with Gasteiger partial charge in [-0.25, -0.2) is 0 Å². The minimum Gasteiger partial charge on any atom is -0.381 e. The number of nitrogens with zero attached hydrogens (tertiary/aromatic N) is 1. The highest BCUT2D eigenvalue weighted by atomic mass is 35.5. The van der Waals surface area contributed by atoms with Crippen LogP contribution in [0.4, 0.5) is 5.69 Å². The molecule has 24 heavy (non-hydrogen) atoms. The third-order valence-electron chi connectivity index (χ3n) is 4.75. The average molecular weight is 354 g/mol. The maximum absolute atomic E-state index is 12.4. The number of nitrogens with one attached hydrogen (secondary N) is 1. The highest BCUT2D eigenvalue weighted by Crippen LogP contribution is 2.23. The number of nitrogens with two attached hydrogens (primary N) is 1. The van der Waals surface area contributed by atoms with Gasteiger partial charge in [0.05, 0.1) is 6.04 Å². The van der Waals surface area contributed by atoms with Crippen molar-refractivity contribution < 1.29 is 14.3 Å². The van der Waals surface area contributed by atoms with Gasteiger partial charge < -0.3 is 20.7 Å². The van der Waals surface area contributed by atoms with Crippen molar-refractivity contribution in [3.63, 3.8) is 0 Å². The lowest BCUT2D eigenvalue weighted by atomic mass is 9.91. The standard InChI is InChI=1S/C17H23N3O3.ClH/c1-20-7-4-11-2-3-13(10-14(11)17(20)22)19-16(21)15(18)12-5-8-23-9-6-12;/h2-3,10,12,15H,4-9,18H2,1H3,(H,19,21);1H. The summed E-state index contributed by atoms with van der Waals surface area (Å²) in [4.78, 5) is 26.3. The molecule has 0 radical (unpaired) electrons. The average Bonchev–Trinajstić information content (AvgIpc) is 2.58. The van der Waals surface area contributed by atoms with E-state index in [1.165, 1.54) is 0 Å². The van der Waals surface area contributed by atoms with Crippen molar-refractivity contribution >= 4 is 29.9 Å².